The fourth-order valence-electron chi connectivity index (χ4n) is 8.17. The summed E-state index contributed by atoms with van der Waals surface area (Å²) in [6.45, 7) is 5.48. The van der Waals surface area contributed by atoms with E-state index < -0.39 is 23.4 Å². The molecule has 0 radical (unpaired) electrons. The van der Waals surface area contributed by atoms with Crippen LogP contribution in [-0.4, -0.2) is 40.3 Å². The minimum absolute atomic E-state index is 0.0692. The van der Waals surface area contributed by atoms with Crippen molar-refractivity contribution in [2.24, 2.45) is 34.5 Å². The van der Waals surface area contributed by atoms with Gasteiger partial charge in [0, 0.05) is 12.3 Å². The summed E-state index contributed by atoms with van der Waals surface area (Å²) in [6, 6.07) is 0. The molecule has 158 valence electrons. The van der Waals surface area contributed by atoms with Gasteiger partial charge >= 0.3 is 5.97 Å². The van der Waals surface area contributed by atoms with Gasteiger partial charge in [-0.15, -0.1) is 0 Å². The molecule has 4 aliphatic rings. The molecule has 4 rings (SSSR count). The van der Waals surface area contributed by atoms with Gasteiger partial charge in [0.25, 0.3) is 0 Å². The Bertz CT molecular complexity index is 661. The van der Waals surface area contributed by atoms with E-state index in [4.69, 9.17) is 4.74 Å². The zero-order chi connectivity index (χ0) is 20.3. The molecule has 4 aliphatic carbocycles. The molecule has 0 saturated heterocycles. The second-order valence-electron chi connectivity index (χ2n) is 10.6. The molecule has 0 unspecified atom stereocenters. The van der Waals surface area contributed by atoms with Crippen LogP contribution in [0.1, 0.15) is 78.6 Å². The topological polar surface area (TPSA) is 83.8 Å². The highest BCUT2D eigenvalue weighted by Gasteiger charge is 2.66. The number of ketones is 1. The first kappa shape index (κ1) is 20.3. The number of fused-ring (bicyclic) bond motifs is 5. The molecule has 0 heterocycles. The van der Waals surface area contributed by atoms with E-state index in [1.54, 1.807) is 0 Å². The monoisotopic (exact) mass is 392 g/mol. The van der Waals surface area contributed by atoms with E-state index in [1.807, 2.05) is 0 Å². The second kappa shape index (κ2) is 6.80. The lowest BCUT2D eigenvalue weighted by Gasteiger charge is -2.61. The van der Waals surface area contributed by atoms with Gasteiger partial charge < -0.3 is 14.9 Å². The Morgan fingerprint density at radius 2 is 1.71 bits per heavy atom. The number of carbonyl (C=O) groups excluding carboxylic acids is 2. The van der Waals surface area contributed by atoms with Crippen LogP contribution < -0.4 is 0 Å². The number of aliphatic hydroxyl groups excluding tert-OH is 1. The molecule has 0 aromatic carbocycles. The van der Waals surface area contributed by atoms with Gasteiger partial charge in [-0.1, -0.05) is 13.8 Å². The zero-order valence-corrected chi connectivity index (χ0v) is 17.6. The van der Waals surface area contributed by atoms with Crippen molar-refractivity contribution in [3.05, 3.63) is 0 Å². The highest BCUT2D eigenvalue weighted by molar-refractivity contribution is 5.89. The maximum atomic E-state index is 12.4. The van der Waals surface area contributed by atoms with Crippen LogP contribution in [0.15, 0.2) is 0 Å². The number of hydrogen-bond acceptors (Lipinski definition) is 5. The normalized spacial score (nSPS) is 50.2. The standard InChI is InChI=1S/C23H36O5/c1-14(25)28-16-6-9-21(2)15(12-16)4-5-17-18(21)7-10-22(3)19(17)8-11-23(22,27)20(26)13-24/h15-19,24,27H,4-13H2,1-3H3/t15-,16+,17+,18-,19-,21-,22-,23-/m0/s1. The molecule has 0 aromatic heterocycles. The highest BCUT2D eigenvalue weighted by Crippen LogP contribution is 2.68. The van der Waals surface area contributed by atoms with E-state index in [0.29, 0.717) is 30.1 Å². The second-order valence-corrected chi connectivity index (χ2v) is 10.6. The maximum Gasteiger partial charge on any atom is 0.302 e. The molecular weight excluding hydrogens is 356 g/mol. The van der Waals surface area contributed by atoms with Crippen LogP contribution in [0.4, 0.5) is 0 Å². The molecule has 0 spiro atoms. The Morgan fingerprint density at radius 1 is 1.00 bits per heavy atom. The molecule has 0 amide bonds. The van der Waals surface area contributed by atoms with E-state index in [2.05, 4.69) is 13.8 Å². The summed E-state index contributed by atoms with van der Waals surface area (Å²) in [5, 5.41) is 20.7. The third-order valence-electron chi connectivity index (χ3n) is 9.71. The van der Waals surface area contributed by atoms with Gasteiger partial charge in [-0.25, -0.2) is 0 Å². The van der Waals surface area contributed by atoms with Gasteiger partial charge in [0.1, 0.15) is 18.3 Å². The fourth-order valence-corrected chi connectivity index (χ4v) is 8.17. The van der Waals surface area contributed by atoms with Gasteiger partial charge in [-0.2, -0.15) is 0 Å². The smallest absolute Gasteiger partial charge is 0.302 e. The molecule has 28 heavy (non-hydrogen) atoms. The summed E-state index contributed by atoms with van der Waals surface area (Å²) in [7, 11) is 0. The molecule has 0 bridgehead atoms. The molecule has 2 N–H and O–H groups in total. The van der Waals surface area contributed by atoms with Crippen molar-refractivity contribution in [3.8, 4) is 0 Å². The van der Waals surface area contributed by atoms with Crippen LogP contribution >= 0.6 is 0 Å². The van der Waals surface area contributed by atoms with E-state index in [1.165, 1.54) is 6.92 Å². The maximum absolute atomic E-state index is 12.4. The number of ether oxygens (including phenoxy) is 1. The molecule has 4 saturated carbocycles. The Balaban J connectivity index is 1.56. The summed E-state index contributed by atoms with van der Waals surface area (Å²) in [6.07, 6.45) is 8.66. The first-order valence-corrected chi connectivity index (χ1v) is 11.2. The van der Waals surface area contributed by atoms with Gasteiger partial charge in [0.15, 0.2) is 5.78 Å². The highest BCUT2D eigenvalue weighted by atomic mass is 16.5. The molecule has 5 nitrogen and oxygen atoms in total. The van der Waals surface area contributed by atoms with Crippen LogP contribution in [-0.2, 0) is 14.3 Å². The van der Waals surface area contributed by atoms with Crippen molar-refractivity contribution >= 4 is 11.8 Å². The Kier molecular flexibility index (Phi) is 4.94. The summed E-state index contributed by atoms with van der Waals surface area (Å²) in [5.41, 5.74) is -1.50. The Morgan fingerprint density at radius 3 is 2.39 bits per heavy atom. The zero-order valence-electron chi connectivity index (χ0n) is 17.6. The Labute approximate surface area is 168 Å². The Hall–Kier alpha value is -0.940. The third kappa shape index (κ3) is 2.72. The van der Waals surface area contributed by atoms with Crippen LogP contribution in [0.5, 0.6) is 0 Å². The van der Waals surface area contributed by atoms with Crippen molar-refractivity contribution in [2.75, 3.05) is 6.61 Å². The minimum atomic E-state index is -1.36. The lowest BCUT2D eigenvalue weighted by molar-refractivity contribution is -0.177. The minimum Gasteiger partial charge on any atom is -0.463 e. The number of rotatable bonds is 3. The molecule has 0 aliphatic heterocycles. The van der Waals surface area contributed by atoms with E-state index >= 15 is 0 Å². The largest absolute Gasteiger partial charge is 0.463 e. The summed E-state index contributed by atoms with van der Waals surface area (Å²) in [4.78, 5) is 23.8. The number of carbonyl (C=O) groups is 2. The van der Waals surface area contributed by atoms with Crippen LogP contribution in [0.3, 0.4) is 0 Å². The predicted octanol–water partition coefficient (Wildman–Crippen LogP) is 3.25. The fraction of sp³-hybridized carbons (Fsp3) is 0.913. The van der Waals surface area contributed by atoms with Crippen LogP contribution in [0.25, 0.3) is 0 Å². The van der Waals surface area contributed by atoms with Gasteiger partial charge in [-0.3, -0.25) is 9.59 Å². The third-order valence-corrected chi connectivity index (χ3v) is 9.71. The summed E-state index contributed by atoms with van der Waals surface area (Å²) in [5.74, 6) is 1.55. The lowest BCUT2D eigenvalue weighted by Crippen LogP contribution is -2.59. The average Bonchev–Trinajstić information content (AvgIpc) is 2.93. The summed E-state index contributed by atoms with van der Waals surface area (Å²) >= 11 is 0. The molecular formula is C23H36O5. The number of esters is 1. The van der Waals surface area contributed by atoms with Crippen LogP contribution in [0, 0.1) is 34.5 Å². The molecule has 8 atom stereocenters. The average molecular weight is 393 g/mol. The van der Waals surface area contributed by atoms with Crippen molar-refractivity contribution in [1.82, 2.24) is 0 Å². The van der Waals surface area contributed by atoms with Crippen molar-refractivity contribution in [1.29, 1.82) is 0 Å². The first-order valence-electron chi connectivity index (χ1n) is 11.2. The number of aliphatic hydroxyl groups is 2. The number of Topliss-reactive ketones (excluding diaryl/α,β-unsaturated/α-hetero) is 1. The predicted molar refractivity (Wildman–Crippen MR) is 104 cm³/mol. The van der Waals surface area contributed by atoms with E-state index in [9.17, 15) is 19.8 Å². The van der Waals surface area contributed by atoms with Gasteiger partial charge in [-0.05, 0) is 86.9 Å². The quantitative estimate of drug-likeness (QED) is 0.720. The summed E-state index contributed by atoms with van der Waals surface area (Å²) < 4.78 is 5.54. The molecule has 4 fully saturated rings. The van der Waals surface area contributed by atoms with E-state index in [-0.39, 0.29) is 17.5 Å². The SMILES string of the molecule is CC(=O)O[C@@H]1CC[C@@]2(C)[C@@H](CC[C@@H]3[C@@H]2CC[C@@]2(C)[C@H]3CC[C@]2(O)C(=O)CO)C1. The lowest BCUT2D eigenvalue weighted by atomic mass is 9.44. The number of hydrogen-bond donors (Lipinski definition) is 2. The molecule has 0 aromatic rings. The van der Waals surface area contributed by atoms with Crippen molar-refractivity contribution in [2.45, 2.75) is 90.3 Å². The molecule has 5 heteroatoms. The van der Waals surface area contributed by atoms with Gasteiger partial charge in [0.2, 0.25) is 0 Å². The van der Waals surface area contributed by atoms with E-state index in [0.717, 1.165) is 51.4 Å². The first-order chi connectivity index (χ1) is 13.2. The van der Waals surface area contributed by atoms with Gasteiger partial charge in [0.05, 0.1) is 0 Å². The van der Waals surface area contributed by atoms with Crippen molar-refractivity contribution in [3.63, 3.8) is 0 Å². The van der Waals surface area contributed by atoms with Crippen molar-refractivity contribution < 1.29 is 24.5 Å². The van der Waals surface area contributed by atoms with Crippen LogP contribution in [0.2, 0.25) is 0 Å².